The molecule has 0 fully saturated rings. The summed E-state index contributed by atoms with van der Waals surface area (Å²) >= 11 is 0. The van der Waals surface area contributed by atoms with Crippen LogP contribution in [0.5, 0.6) is 0 Å². The highest BCUT2D eigenvalue weighted by atomic mass is 19.4. The van der Waals surface area contributed by atoms with Gasteiger partial charge in [0.15, 0.2) is 11.4 Å². The van der Waals surface area contributed by atoms with Gasteiger partial charge in [-0.05, 0) is 42.5 Å². The van der Waals surface area contributed by atoms with Crippen LogP contribution in [0.4, 0.5) is 27.6 Å². The molecule has 0 aliphatic carbocycles. The monoisotopic (exact) mass is 434 g/mol. The van der Waals surface area contributed by atoms with Crippen LogP contribution in [0.15, 0.2) is 61.2 Å². The van der Waals surface area contributed by atoms with Crippen molar-refractivity contribution in [3.05, 3.63) is 84.2 Å². The molecule has 2 aromatic heterocycles. The first-order chi connectivity index (χ1) is 14.7. The van der Waals surface area contributed by atoms with Gasteiger partial charge in [-0.15, -0.1) is 5.10 Å². The number of amides is 1. The van der Waals surface area contributed by atoms with Gasteiger partial charge in [0.2, 0.25) is 0 Å². The fourth-order valence-electron chi connectivity index (χ4n) is 2.84. The maximum Gasteiger partial charge on any atom is 0.435 e. The predicted octanol–water partition coefficient (Wildman–Crippen LogP) is 4.00. The first-order valence-electron chi connectivity index (χ1n) is 8.62. The van der Waals surface area contributed by atoms with Gasteiger partial charge >= 0.3 is 6.18 Å². The molecule has 0 aliphatic heterocycles. The number of nitrogens with one attached hydrogen (secondary N) is 1. The Labute approximate surface area is 170 Å². The quantitative estimate of drug-likeness (QED) is 0.493. The molecule has 0 saturated heterocycles. The molecule has 0 radical (unpaired) electrons. The van der Waals surface area contributed by atoms with Crippen LogP contribution in [-0.2, 0) is 6.18 Å². The summed E-state index contributed by atoms with van der Waals surface area (Å²) in [6.07, 6.45) is -0.695. The van der Waals surface area contributed by atoms with E-state index >= 15 is 0 Å². The van der Waals surface area contributed by atoms with Crippen molar-refractivity contribution in [2.45, 2.75) is 6.18 Å². The Kier molecular flexibility index (Phi) is 4.97. The smallest absolute Gasteiger partial charge is 0.320 e. The van der Waals surface area contributed by atoms with Gasteiger partial charge < -0.3 is 9.88 Å². The van der Waals surface area contributed by atoms with Crippen molar-refractivity contribution in [3.8, 4) is 11.4 Å². The molecule has 4 aromatic rings. The number of nitrogens with zero attached hydrogens (tertiary/aromatic N) is 5. The zero-order valence-electron chi connectivity index (χ0n) is 15.3. The third-order valence-corrected chi connectivity index (χ3v) is 4.21. The van der Waals surface area contributed by atoms with Gasteiger partial charge in [-0.3, -0.25) is 4.79 Å². The highest BCUT2D eigenvalue weighted by molar-refractivity contribution is 6.03. The van der Waals surface area contributed by atoms with E-state index in [2.05, 4.69) is 20.6 Å². The number of carbonyl (C=O) groups is 1. The molecule has 31 heavy (non-hydrogen) atoms. The lowest BCUT2D eigenvalue weighted by molar-refractivity contribution is -0.143. The van der Waals surface area contributed by atoms with E-state index in [-0.39, 0.29) is 17.1 Å². The molecule has 1 amide bonds. The Morgan fingerprint density at radius 1 is 1.03 bits per heavy atom. The molecule has 4 rings (SSSR count). The Bertz CT molecular complexity index is 1230. The van der Waals surface area contributed by atoms with E-state index in [1.54, 1.807) is 0 Å². The van der Waals surface area contributed by atoms with Crippen molar-refractivity contribution < 1.29 is 26.7 Å². The van der Waals surface area contributed by atoms with E-state index in [9.17, 15) is 26.7 Å². The summed E-state index contributed by atoms with van der Waals surface area (Å²) in [5.74, 6) is -2.63. The van der Waals surface area contributed by atoms with Crippen LogP contribution in [-0.4, -0.2) is 30.5 Å². The van der Waals surface area contributed by atoms with Crippen molar-refractivity contribution in [2.24, 2.45) is 0 Å². The van der Waals surface area contributed by atoms with Gasteiger partial charge in [0.1, 0.15) is 11.6 Å². The summed E-state index contributed by atoms with van der Waals surface area (Å²) in [6, 6.07) is 7.60. The number of carbonyl (C=O) groups excluding carboxylic acids is 1. The molecule has 2 heterocycles. The van der Waals surface area contributed by atoms with Crippen molar-refractivity contribution in [1.82, 2.24) is 24.5 Å². The van der Waals surface area contributed by atoms with E-state index < -0.39 is 35.1 Å². The molecule has 0 aliphatic rings. The largest absolute Gasteiger partial charge is 0.435 e. The van der Waals surface area contributed by atoms with Gasteiger partial charge in [-0.1, -0.05) is 5.21 Å². The molecule has 12 heteroatoms. The summed E-state index contributed by atoms with van der Waals surface area (Å²) in [4.78, 5) is 16.3. The van der Waals surface area contributed by atoms with Crippen LogP contribution < -0.4 is 5.32 Å². The van der Waals surface area contributed by atoms with Crippen molar-refractivity contribution in [3.63, 3.8) is 0 Å². The lowest BCUT2D eigenvalue weighted by atomic mass is 10.2. The van der Waals surface area contributed by atoms with Gasteiger partial charge in [0.05, 0.1) is 17.7 Å². The number of alkyl halides is 3. The second kappa shape index (κ2) is 7.63. The fraction of sp³-hybridized carbons (Fsp3) is 0.0526. The summed E-state index contributed by atoms with van der Waals surface area (Å²) in [5, 5.41) is 8.91. The van der Waals surface area contributed by atoms with Gasteiger partial charge in [0, 0.05) is 18.1 Å². The summed E-state index contributed by atoms with van der Waals surface area (Å²) < 4.78 is 70.2. The topological polar surface area (TPSA) is 77.6 Å². The molecule has 0 atom stereocenters. The zero-order valence-corrected chi connectivity index (χ0v) is 15.3. The van der Waals surface area contributed by atoms with Crippen LogP contribution in [0.1, 0.15) is 16.2 Å². The third kappa shape index (κ3) is 3.99. The minimum absolute atomic E-state index is 0.0872. The molecule has 158 valence electrons. The van der Waals surface area contributed by atoms with E-state index in [1.165, 1.54) is 35.4 Å². The maximum atomic E-state index is 14.4. The Morgan fingerprint density at radius 2 is 1.77 bits per heavy atom. The molecule has 2 aromatic carbocycles. The van der Waals surface area contributed by atoms with Crippen LogP contribution in [0.25, 0.3) is 11.4 Å². The lowest BCUT2D eigenvalue weighted by Crippen LogP contribution is -2.21. The minimum atomic E-state index is -5.00. The number of benzene rings is 2. The van der Waals surface area contributed by atoms with Crippen LogP contribution >= 0.6 is 0 Å². The fourth-order valence-corrected chi connectivity index (χ4v) is 2.84. The number of imidazole rings is 1. The molecular formula is C19H11F5N6O. The molecule has 0 spiro atoms. The number of hydrogen-bond acceptors (Lipinski definition) is 4. The normalized spacial score (nSPS) is 11.5. The first-order valence-corrected chi connectivity index (χ1v) is 8.62. The van der Waals surface area contributed by atoms with E-state index in [1.807, 2.05) is 0 Å². The number of aromatic nitrogens is 5. The second-order valence-electron chi connectivity index (χ2n) is 6.26. The summed E-state index contributed by atoms with van der Waals surface area (Å²) in [7, 11) is 0. The Hall–Kier alpha value is -4.09. The van der Waals surface area contributed by atoms with Gasteiger partial charge in [-0.25, -0.2) is 18.4 Å². The summed E-state index contributed by atoms with van der Waals surface area (Å²) in [6.45, 7) is 0. The third-order valence-electron chi connectivity index (χ3n) is 4.21. The average Bonchev–Trinajstić information content (AvgIpc) is 3.38. The van der Waals surface area contributed by atoms with Crippen molar-refractivity contribution >= 4 is 11.6 Å². The molecule has 0 unspecified atom stereocenters. The molecule has 0 bridgehead atoms. The number of hydrogen-bond donors (Lipinski definition) is 1. The highest BCUT2D eigenvalue weighted by Gasteiger charge is 2.42. The molecule has 0 saturated carbocycles. The van der Waals surface area contributed by atoms with Crippen LogP contribution in [0, 0.1) is 11.6 Å². The second-order valence-corrected chi connectivity index (χ2v) is 6.26. The maximum absolute atomic E-state index is 14.4. The lowest BCUT2D eigenvalue weighted by Gasteiger charge is -2.12. The number of rotatable bonds is 4. The predicted molar refractivity (Wildman–Crippen MR) is 97.8 cm³/mol. The van der Waals surface area contributed by atoms with Gasteiger partial charge in [0.25, 0.3) is 5.91 Å². The molecular weight excluding hydrogens is 423 g/mol. The Morgan fingerprint density at radius 3 is 2.39 bits per heavy atom. The Balaban J connectivity index is 1.66. The zero-order chi connectivity index (χ0) is 22.2. The SMILES string of the molecule is O=C(Nc1ccc(-n2ccnc2)c(F)c1)c1nnn(-c2ccc(F)cc2)c1C(F)(F)F. The number of halogens is 5. The van der Waals surface area contributed by atoms with E-state index in [0.717, 1.165) is 30.3 Å². The molecule has 1 N–H and O–H groups in total. The van der Waals surface area contributed by atoms with Crippen molar-refractivity contribution in [1.29, 1.82) is 0 Å². The van der Waals surface area contributed by atoms with Gasteiger partial charge in [-0.2, -0.15) is 13.2 Å². The van der Waals surface area contributed by atoms with Crippen molar-refractivity contribution in [2.75, 3.05) is 5.32 Å². The number of anilines is 1. The first kappa shape index (κ1) is 20.2. The average molecular weight is 434 g/mol. The molecule has 7 nitrogen and oxygen atoms in total. The van der Waals surface area contributed by atoms with Crippen LogP contribution in [0.3, 0.4) is 0 Å². The minimum Gasteiger partial charge on any atom is -0.320 e. The highest BCUT2D eigenvalue weighted by Crippen LogP contribution is 2.33. The standard InChI is InChI=1S/C19H11F5N6O/c20-11-1-4-13(5-2-11)30-17(19(22,23)24)16(27-28-30)18(31)26-12-3-6-15(14(21)9-12)29-8-7-25-10-29/h1-10H,(H,26,31). The summed E-state index contributed by atoms with van der Waals surface area (Å²) in [5.41, 5.74) is -2.57. The van der Waals surface area contributed by atoms with E-state index in [0.29, 0.717) is 4.68 Å². The van der Waals surface area contributed by atoms with E-state index in [4.69, 9.17) is 0 Å². The van der Waals surface area contributed by atoms with Crippen LogP contribution in [0.2, 0.25) is 0 Å².